The van der Waals surface area contributed by atoms with Crippen LogP contribution in [0, 0.1) is 11.3 Å². The van der Waals surface area contributed by atoms with Gasteiger partial charge < -0.3 is 31.3 Å². The number of amides is 2. The third-order valence-corrected chi connectivity index (χ3v) is 8.04. The Morgan fingerprint density at radius 1 is 1.12 bits per heavy atom. The summed E-state index contributed by atoms with van der Waals surface area (Å²) in [6.45, 7) is 1.29. The molecule has 3 rings (SSSR count). The number of nitrogen functional groups attached to an aromatic ring is 1. The fraction of sp³-hybridized carbons (Fsp3) is 0.429. The molecule has 1 unspecified atom stereocenters. The van der Waals surface area contributed by atoms with Crippen molar-refractivity contribution in [3.8, 4) is 0 Å². The molecule has 12 heteroatoms. The molecule has 0 aromatic heterocycles. The van der Waals surface area contributed by atoms with Crippen LogP contribution in [-0.2, 0) is 32.2 Å². The van der Waals surface area contributed by atoms with Gasteiger partial charge in [-0.1, -0.05) is 24.3 Å². The molecule has 1 heterocycles. The van der Waals surface area contributed by atoms with Crippen molar-refractivity contribution in [2.24, 2.45) is 17.4 Å². The zero-order valence-corrected chi connectivity index (χ0v) is 23.3. The van der Waals surface area contributed by atoms with Crippen LogP contribution in [0.4, 0.5) is 5.69 Å². The molecule has 2 atom stereocenters. The van der Waals surface area contributed by atoms with Crippen molar-refractivity contribution in [3.63, 3.8) is 0 Å². The Balaban J connectivity index is 1.73. The molecule has 2 aromatic rings. The van der Waals surface area contributed by atoms with Gasteiger partial charge in [-0.25, -0.2) is 0 Å². The number of rotatable bonds is 14. The van der Waals surface area contributed by atoms with Gasteiger partial charge in [-0.15, -0.1) is 4.72 Å². The predicted octanol–water partition coefficient (Wildman–Crippen LogP) is 1.97. The van der Waals surface area contributed by atoms with Gasteiger partial charge in [0.15, 0.2) is 4.90 Å². The smallest absolute Gasteiger partial charge is 0.303 e. The number of nitrogens with two attached hydrogens (primary N) is 2. The molecule has 0 saturated carbocycles. The van der Waals surface area contributed by atoms with E-state index in [2.05, 4.69) is 10.0 Å². The van der Waals surface area contributed by atoms with Gasteiger partial charge in [-0.05, 0) is 55.4 Å². The maximum absolute atomic E-state index is 13.7. The first-order chi connectivity index (χ1) is 19.2. The lowest BCUT2D eigenvalue weighted by Crippen LogP contribution is -2.51. The Morgan fingerprint density at radius 2 is 1.85 bits per heavy atom. The first-order valence-electron chi connectivity index (χ1n) is 13.4. The monoisotopic (exact) mass is 570 g/mol. The number of carbonyl (C=O) groups excluding carboxylic acids is 2. The zero-order valence-electron chi connectivity index (χ0n) is 22.4. The molecule has 1 aliphatic rings. The van der Waals surface area contributed by atoms with E-state index in [0.717, 1.165) is 24.8 Å². The fourth-order valence-electron chi connectivity index (χ4n) is 4.73. The molecule has 1 fully saturated rings. The van der Waals surface area contributed by atoms with E-state index >= 15 is 0 Å². The number of piperidine rings is 1. The van der Waals surface area contributed by atoms with Crippen LogP contribution in [0.1, 0.15) is 49.7 Å². The summed E-state index contributed by atoms with van der Waals surface area (Å²) in [5.41, 5.74) is 12.9. The van der Waals surface area contributed by atoms with Crippen LogP contribution in [0.2, 0.25) is 0 Å². The number of likely N-dealkylation sites (tertiary alicyclic amines) is 1. The van der Waals surface area contributed by atoms with Crippen molar-refractivity contribution in [1.29, 1.82) is 5.41 Å². The third kappa shape index (κ3) is 9.63. The van der Waals surface area contributed by atoms with Gasteiger partial charge >= 0.3 is 5.97 Å². The molecule has 216 valence electrons. The Labute approximate surface area is 237 Å². The number of hydrogen-bond donors (Lipinski definition) is 6. The van der Waals surface area contributed by atoms with Gasteiger partial charge in [0.05, 0.1) is 11.4 Å². The standard InChI is InChI=1S/C28H38N6O5S/c29-13-10-25(35)32-22-7-3-8-23(18-22)40(39)33-24(17-20-5-1-6-21(16-20)27(30)31)28(38)34-14-11-19(12-15-34)4-2-9-26(36)37/h1,3,5-8,16,18-19,24,33H,2,4,9-15,17,29H2,(H3,30,31)(H,32,35)(H,36,37)/t24-,40?/m0/s1. The van der Waals surface area contributed by atoms with Crippen molar-refractivity contribution >= 4 is 40.7 Å². The van der Waals surface area contributed by atoms with Crippen molar-refractivity contribution in [2.75, 3.05) is 25.0 Å². The number of anilines is 1. The van der Waals surface area contributed by atoms with Crippen molar-refractivity contribution in [3.05, 3.63) is 59.7 Å². The quantitative estimate of drug-likeness (QED) is 0.112. The van der Waals surface area contributed by atoms with Gasteiger partial charge in [-0.3, -0.25) is 19.8 Å². The van der Waals surface area contributed by atoms with Gasteiger partial charge in [0, 0.05) is 56.2 Å². The van der Waals surface area contributed by atoms with Crippen LogP contribution < -0.4 is 21.5 Å². The minimum atomic E-state index is -1.77. The minimum Gasteiger partial charge on any atom is -0.593 e. The van der Waals surface area contributed by atoms with E-state index in [4.69, 9.17) is 22.0 Å². The number of nitrogens with zero attached hydrogens (tertiary/aromatic N) is 1. The Kier molecular flexibility index (Phi) is 11.9. The second-order valence-electron chi connectivity index (χ2n) is 9.93. The van der Waals surface area contributed by atoms with E-state index in [1.165, 1.54) is 0 Å². The van der Waals surface area contributed by atoms with Crippen molar-refractivity contribution in [1.82, 2.24) is 9.62 Å². The summed E-state index contributed by atoms with van der Waals surface area (Å²) in [5, 5.41) is 19.4. The molecular formula is C28H38N6O5S. The second-order valence-corrected chi connectivity index (χ2v) is 11.2. The van der Waals surface area contributed by atoms with Crippen LogP contribution in [0.15, 0.2) is 53.4 Å². The summed E-state index contributed by atoms with van der Waals surface area (Å²) < 4.78 is 16.4. The average molecular weight is 571 g/mol. The number of nitrogens with one attached hydrogen (secondary N) is 3. The zero-order chi connectivity index (χ0) is 29.1. The van der Waals surface area contributed by atoms with Gasteiger partial charge in [-0.2, -0.15) is 0 Å². The molecule has 0 spiro atoms. The van der Waals surface area contributed by atoms with E-state index in [1.807, 2.05) is 6.07 Å². The lowest BCUT2D eigenvalue weighted by molar-refractivity contribution is -0.137. The highest BCUT2D eigenvalue weighted by molar-refractivity contribution is 7.89. The van der Waals surface area contributed by atoms with Crippen LogP contribution in [-0.4, -0.2) is 63.9 Å². The SMILES string of the molecule is N=C(N)c1cccc(C[C@H](N[S+]([O-])c2cccc(NC(=O)CCN)c2)C(=O)N2CCC(CCCC(=O)O)CC2)c1. The summed E-state index contributed by atoms with van der Waals surface area (Å²) in [6.07, 6.45) is 3.55. The molecule has 11 nitrogen and oxygen atoms in total. The highest BCUT2D eigenvalue weighted by atomic mass is 32.2. The summed E-state index contributed by atoms with van der Waals surface area (Å²) in [5.74, 6) is -0.943. The number of amidine groups is 1. The number of aliphatic carboxylic acids is 1. The van der Waals surface area contributed by atoms with Crippen molar-refractivity contribution < 1.29 is 24.0 Å². The molecule has 0 bridgehead atoms. The first kappa shape index (κ1) is 31.1. The Morgan fingerprint density at radius 3 is 2.52 bits per heavy atom. The van der Waals surface area contributed by atoms with Crippen LogP contribution >= 0.6 is 0 Å². The van der Waals surface area contributed by atoms with Crippen LogP contribution in [0.3, 0.4) is 0 Å². The highest BCUT2D eigenvalue weighted by Gasteiger charge is 2.32. The molecule has 1 aliphatic heterocycles. The number of hydrogen-bond acceptors (Lipinski definition) is 7. The highest BCUT2D eigenvalue weighted by Crippen LogP contribution is 2.24. The fourth-order valence-corrected chi connectivity index (χ4v) is 5.74. The predicted molar refractivity (Wildman–Crippen MR) is 154 cm³/mol. The Hall–Kier alpha value is -3.45. The number of carbonyl (C=O) groups is 3. The number of benzene rings is 2. The topological polar surface area (TPSA) is 198 Å². The molecule has 0 aliphatic carbocycles. The number of carboxylic acids is 1. The lowest BCUT2D eigenvalue weighted by atomic mass is 9.91. The molecule has 2 amide bonds. The van der Waals surface area contributed by atoms with E-state index < -0.39 is 23.4 Å². The van der Waals surface area contributed by atoms with E-state index in [-0.39, 0.29) is 43.5 Å². The summed E-state index contributed by atoms with van der Waals surface area (Å²) in [6, 6.07) is 12.9. The third-order valence-electron chi connectivity index (χ3n) is 6.86. The number of carboxylic acid groups (broad SMARTS) is 1. The summed E-state index contributed by atoms with van der Waals surface area (Å²) >= 11 is -1.77. The maximum Gasteiger partial charge on any atom is 0.303 e. The van der Waals surface area contributed by atoms with Gasteiger partial charge in [0.25, 0.3) is 0 Å². The van der Waals surface area contributed by atoms with Gasteiger partial charge in [0.1, 0.15) is 11.9 Å². The largest absolute Gasteiger partial charge is 0.593 e. The molecular weight excluding hydrogens is 532 g/mol. The van der Waals surface area contributed by atoms with Crippen LogP contribution in [0.25, 0.3) is 0 Å². The van der Waals surface area contributed by atoms with Crippen LogP contribution in [0.5, 0.6) is 0 Å². The first-order valence-corrected chi connectivity index (χ1v) is 14.5. The van der Waals surface area contributed by atoms with E-state index in [0.29, 0.717) is 41.6 Å². The molecule has 2 aromatic carbocycles. The Bertz CT molecular complexity index is 1190. The molecule has 8 N–H and O–H groups in total. The lowest BCUT2D eigenvalue weighted by Gasteiger charge is -2.34. The average Bonchev–Trinajstić information content (AvgIpc) is 2.93. The maximum atomic E-state index is 13.7. The molecule has 40 heavy (non-hydrogen) atoms. The minimum absolute atomic E-state index is 0.0836. The molecule has 1 saturated heterocycles. The second kappa shape index (κ2) is 15.4. The van der Waals surface area contributed by atoms with E-state index in [1.54, 1.807) is 47.4 Å². The van der Waals surface area contributed by atoms with Gasteiger partial charge in [0.2, 0.25) is 11.8 Å². The van der Waals surface area contributed by atoms with Crippen molar-refractivity contribution in [2.45, 2.75) is 55.9 Å². The summed E-state index contributed by atoms with van der Waals surface area (Å²) in [7, 11) is 0. The summed E-state index contributed by atoms with van der Waals surface area (Å²) in [4.78, 5) is 38.6. The van der Waals surface area contributed by atoms with E-state index in [9.17, 15) is 18.9 Å². The molecule has 0 radical (unpaired) electrons. The normalized spacial score (nSPS) is 15.3.